The van der Waals surface area contributed by atoms with Gasteiger partial charge in [-0.05, 0) is 55.6 Å². The molecule has 3 unspecified atom stereocenters. The van der Waals surface area contributed by atoms with Crippen molar-refractivity contribution in [1.82, 2.24) is 10.2 Å². The molecular weight excluding hydrogens is 374 g/mol. The molecule has 2 heterocycles. The van der Waals surface area contributed by atoms with Gasteiger partial charge < -0.3 is 19.7 Å². The lowest BCUT2D eigenvalue weighted by Crippen LogP contribution is -2.48. The van der Waals surface area contributed by atoms with Crippen LogP contribution in [0.25, 0.3) is 0 Å². The largest absolute Gasteiger partial charge is 0.376 e. The van der Waals surface area contributed by atoms with Crippen molar-refractivity contribution in [3.8, 4) is 0 Å². The quantitative estimate of drug-likeness (QED) is 0.558. The maximum Gasteiger partial charge on any atom is 0.193 e. The molecule has 3 atom stereocenters. The summed E-state index contributed by atoms with van der Waals surface area (Å²) in [5, 5.41) is 3.71. The van der Waals surface area contributed by atoms with Gasteiger partial charge >= 0.3 is 0 Å². The molecule has 166 valence electrons. The Balaban J connectivity index is 1.20. The number of benzene rings is 1. The Kier molecular flexibility index (Phi) is 7.32. The fourth-order valence-corrected chi connectivity index (χ4v) is 4.73. The normalized spacial score (nSPS) is 28.1. The number of ether oxygens (including phenoxy) is 2. The first-order valence-corrected chi connectivity index (χ1v) is 12.0. The van der Waals surface area contributed by atoms with Gasteiger partial charge in [-0.1, -0.05) is 38.1 Å². The van der Waals surface area contributed by atoms with Crippen molar-refractivity contribution in [1.29, 1.82) is 0 Å². The van der Waals surface area contributed by atoms with Crippen LogP contribution in [0.2, 0.25) is 0 Å². The molecule has 3 aliphatic rings. The molecule has 0 aromatic heterocycles. The molecule has 0 bridgehead atoms. The average molecular weight is 414 g/mol. The molecule has 30 heavy (non-hydrogen) atoms. The number of hydrogen-bond donors (Lipinski definition) is 1. The minimum absolute atomic E-state index is 0.313. The summed E-state index contributed by atoms with van der Waals surface area (Å²) in [6.45, 7) is 8.18. The SMILES string of the molecule is CN=C(NC1CC1c1ccc(C(C)C)cc1)N1CCC(OCC2CCCCO2)CC1. The number of piperidine rings is 1. The highest BCUT2D eigenvalue weighted by Gasteiger charge is 2.40. The van der Waals surface area contributed by atoms with E-state index < -0.39 is 0 Å². The van der Waals surface area contributed by atoms with Crippen molar-refractivity contribution in [2.45, 2.75) is 82.5 Å². The Labute approximate surface area is 182 Å². The summed E-state index contributed by atoms with van der Waals surface area (Å²) >= 11 is 0. The third kappa shape index (κ3) is 5.55. The molecule has 1 aromatic rings. The van der Waals surface area contributed by atoms with E-state index in [9.17, 15) is 0 Å². The van der Waals surface area contributed by atoms with Crippen molar-refractivity contribution in [2.75, 3.05) is 33.4 Å². The van der Waals surface area contributed by atoms with E-state index in [0.717, 1.165) is 51.5 Å². The summed E-state index contributed by atoms with van der Waals surface area (Å²) in [4.78, 5) is 6.97. The molecule has 0 amide bonds. The molecule has 5 heteroatoms. The Morgan fingerprint density at radius 1 is 1.17 bits per heavy atom. The van der Waals surface area contributed by atoms with E-state index >= 15 is 0 Å². The fraction of sp³-hybridized carbons (Fsp3) is 0.720. The van der Waals surface area contributed by atoms with Crippen LogP contribution in [0.1, 0.15) is 75.3 Å². The standard InChI is InChI=1S/C25H39N3O2/c1-18(2)19-7-9-20(10-8-19)23-16-24(23)27-25(26-3)28-13-11-21(12-14-28)30-17-22-6-4-5-15-29-22/h7-10,18,21-24H,4-6,11-17H2,1-3H3,(H,26,27). The maximum atomic E-state index is 6.17. The van der Waals surface area contributed by atoms with E-state index in [0.29, 0.717) is 30.1 Å². The zero-order chi connectivity index (χ0) is 20.9. The Bertz CT molecular complexity index is 689. The van der Waals surface area contributed by atoms with E-state index in [1.165, 1.54) is 30.4 Å². The smallest absolute Gasteiger partial charge is 0.193 e. The third-order valence-electron chi connectivity index (χ3n) is 6.88. The first kappa shape index (κ1) is 21.6. The van der Waals surface area contributed by atoms with Crippen LogP contribution in [0.4, 0.5) is 0 Å². The summed E-state index contributed by atoms with van der Waals surface area (Å²) in [7, 11) is 1.90. The molecule has 0 spiro atoms. The van der Waals surface area contributed by atoms with Crippen molar-refractivity contribution in [2.24, 2.45) is 4.99 Å². The van der Waals surface area contributed by atoms with Crippen LogP contribution in [0, 0.1) is 0 Å². The summed E-state index contributed by atoms with van der Waals surface area (Å²) in [5.74, 6) is 2.25. The molecule has 2 aliphatic heterocycles. The number of nitrogens with zero attached hydrogens (tertiary/aromatic N) is 2. The van der Waals surface area contributed by atoms with Gasteiger partial charge in [-0.15, -0.1) is 0 Å². The van der Waals surface area contributed by atoms with Gasteiger partial charge in [-0.3, -0.25) is 4.99 Å². The van der Waals surface area contributed by atoms with E-state index in [-0.39, 0.29) is 0 Å². The lowest BCUT2D eigenvalue weighted by Gasteiger charge is -2.35. The second-order valence-electron chi connectivity index (χ2n) is 9.47. The second-order valence-corrected chi connectivity index (χ2v) is 9.47. The van der Waals surface area contributed by atoms with Gasteiger partial charge in [0.25, 0.3) is 0 Å². The predicted molar refractivity (Wildman–Crippen MR) is 122 cm³/mol. The number of aliphatic imine (C=N–C) groups is 1. The molecule has 4 rings (SSSR count). The van der Waals surface area contributed by atoms with Gasteiger partial charge in [-0.2, -0.15) is 0 Å². The van der Waals surface area contributed by atoms with Crippen molar-refractivity contribution in [3.63, 3.8) is 0 Å². The highest BCUT2D eigenvalue weighted by atomic mass is 16.5. The highest BCUT2D eigenvalue weighted by molar-refractivity contribution is 5.80. The van der Waals surface area contributed by atoms with E-state index in [2.05, 4.69) is 53.3 Å². The Morgan fingerprint density at radius 2 is 1.93 bits per heavy atom. The van der Waals surface area contributed by atoms with Crippen molar-refractivity contribution in [3.05, 3.63) is 35.4 Å². The second kappa shape index (κ2) is 10.1. The lowest BCUT2D eigenvalue weighted by molar-refractivity contribution is -0.0721. The van der Waals surface area contributed by atoms with Gasteiger partial charge in [0.1, 0.15) is 0 Å². The molecule has 1 aromatic carbocycles. The van der Waals surface area contributed by atoms with Crippen LogP contribution < -0.4 is 5.32 Å². The highest BCUT2D eigenvalue weighted by Crippen LogP contribution is 2.41. The third-order valence-corrected chi connectivity index (χ3v) is 6.88. The van der Waals surface area contributed by atoms with Gasteiger partial charge in [0.05, 0.1) is 18.8 Å². The summed E-state index contributed by atoms with van der Waals surface area (Å²) < 4.78 is 12.0. The number of hydrogen-bond acceptors (Lipinski definition) is 3. The van der Waals surface area contributed by atoms with Gasteiger partial charge in [0.2, 0.25) is 0 Å². The maximum absolute atomic E-state index is 6.17. The zero-order valence-electron chi connectivity index (χ0n) is 19.0. The molecule has 2 saturated heterocycles. The lowest BCUT2D eigenvalue weighted by atomic mass is 10.0. The molecule has 0 radical (unpaired) electrons. The zero-order valence-corrected chi connectivity index (χ0v) is 19.0. The van der Waals surface area contributed by atoms with E-state index in [1.807, 2.05) is 7.05 Å². The number of rotatable bonds is 6. The van der Waals surface area contributed by atoms with E-state index in [4.69, 9.17) is 9.47 Å². The summed E-state index contributed by atoms with van der Waals surface area (Å²) in [6, 6.07) is 9.69. The molecule has 1 saturated carbocycles. The predicted octanol–water partition coefficient (Wildman–Crippen LogP) is 4.29. The van der Waals surface area contributed by atoms with Crippen molar-refractivity contribution >= 4 is 5.96 Å². The van der Waals surface area contributed by atoms with Gasteiger partial charge in [0.15, 0.2) is 5.96 Å². The summed E-state index contributed by atoms with van der Waals surface area (Å²) in [5.41, 5.74) is 2.87. The first-order valence-electron chi connectivity index (χ1n) is 12.0. The van der Waals surface area contributed by atoms with Crippen molar-refractivity contribution < 1.29 is 9.47 Å². The fourth-order valence-electron chi connectivity index (χ4n) is 4.73. The minimum Gasteiger partial charge on any atom is -0.376 e. The minimum atomic E-state index is 0.313. The molecule has 1 aliphatic carbocycles. The summed E-state index contributed by atoms with van der Waals surface area (Å²) in [6.07, 6.45) is 7.63. The molecule has 3 fully saturated rings. The Morgan fingerprint density at radius 3 is 2.57 bits per heavy atom. The van der Waals surface area contributed by atoms with E-state index in [1.54, 1.807) is 0 Å². The molecule has 5 nitrogen and oxygen atoms in total. The first-order chi connectivity index (χ1) is 14.6. The molecular formula is C25H39N3O2. The number of likely N-dealkylation sites (tertiary alicyclic amines) is 1. The van der Waals surface area contributed by atoms with Crippen LogP contribution in [0.3, 0.4) is 0 Å². The number of nitrogens with one attached hydrogen (secondary N) is 1. The van der Waals surface area contributed by atoms with Crippen LogP contribution in [-0.2, 0) is 9.47 Å². The van der Waals surface area contributed by atoms with Crippen LogP contribution in [-0.4, -0.2) is 62.5 Å². The van der Waals surface area contributed by atoms with Gasteiger partial charge in [0, 0.05) is 38.7 Å². The number of guanidine groups is 1. The molecule has 1 N–H and O–H groups in total. The average Bonchev–Trinajstić information content (AvgIpc) is 3.56. The van der Waals surface area contributed by atoms with Crippen LogP contribution >= 0.6 is 0 Å². The Hall–Kier alpha value is -1.59. The van der Waals surface area contributed by atoms with Crippen LogP contribution in [0.15, 0.2) is 29.3 Å². The van der Waals surface area contributed by atoms with Gasteiger partial charge in [-0.25, -0.2) is 0 Å². The monoisotopic (exact) mass is 413 g/mol. The van der Waals surface area contributed by atoms with Crippen LogP contribution in [0.5, 0.6) is 0 Å². The topological polar surface area (TPSA) is 46.1 Å².